The van der Waals surface area contributed by atoms with Gasteiger partial charge in [0.05, 0.1) is 18.5 Å². The van der Waals surface area contributed by atoms with Gasteiger partial charge >= 0.3 is 5.97 Å². The molecule has 3 N–H and O–H groups in total. The fourth-order valence-corrected chi connectivity index (χ4v) is 2.78. The van der Waals surface area contributed by atoms with Crippen LogP contribution in [0.4, 0.5) is 0 Å². The first-order valence-electron chi connectivity index (χ1n) is 9.20. The number of benzene rings is 2. The molecule has 152 valence electrons. The van der Waals surface area contributed by atoms with Gasteiger partial charge in [0.25, 0.3) is 0 Å². The van der Waals surface area contributed by atoms with Gasteiger partial charge in [-0.05, 0) is 42.5 Å². The third kappa shape index (κ3) is 6.66. The molecular formula is C22H29ClN2O3. The highest BCUT2D eigenvalue weighted by Gasteiger charge is 2.22. The van der Waals surface area contributed by atoms with Gasteiger partial charge in [-0.2, -0.15) is 0 Å². The van der Waals surface area contributed by atoms with Crippen molar-refractivity contribution in [3.63, 3.8) is 0 Å². The summed E-state index contributed by atoms with van der Waals surface area (Å²) in [5, 5.41) is 2.83. The van der Waals surface area contributed by atoms with E-state index in [0.717, 1.165) is 16.7 Å². The number of hydrogen-bond donors (Lipinski definition) is 2. The second-order valence-electron chi connectivity index (χ2n) is 7.13. The molecule has 0 bridgehead atoms. The van der Waals surface area contributed by atoms with E-state index in [2.05, 4.69) is 19.2 Å². The Labute approximate surface area is 173 Å². The maximum absolute atomic E-state index is 12.6. The Bertz CT molecular complexity index is 792. The molecule has 0 heterocycles. The summed E-state index contributed by atoms with van der Waals surface area (Å²) in [6.07, 6.45) is 0.0218. The highest BCUT2D eigenvalue weighted by Crippen LogP contribution is 2.28. The van der Waals surface area contributed by atoms with E-state index < -0.39 is 18.1 Å². The smallest absolute Gasteiger partial charge is 0.313 e. The van der Waals surface area contributed by atoms with Gasteiger partial charge in [0, 0.05) is 0 Å². The molecule has 2 aromatic carbocycles. The Morgan fingerprint density at radius 3 is 2.29 bits per heavy atom. The fraction of sp³-hybridized carbons (Fsp3) is 0.364. The van der Waals surface area contributed by atoms with Gasteiger partial charge in [-0.25, -0.2) is 0 Å². The number of carbonyl (C=O) groups excluding carboxylic acids is 2. The van der Waals surface area contributed by atoms with Crippen LogP contribution in [-0.2, 0) is 9.59 Å². The van der Waals surface area contributed by atoms with Gasteiger partial charge in [-0.3, -0.25) is 9.59 Å². The molecule has 28 heavy (non-hydrogen) atoms. The fourth-order valence-electron chi connectivity index (χ4n) is 2.78. The third-order valence-corrected chi connectivity index (χ3v) is 4.32. The first-order chi connectivity index (χ1) is 12.8. The van der Waals surface area contributed by atoms with Crippen molar-refractivity contribution in [2.45, 2.75) is 52.1 Å². The van der Waals surface area contributed by atoms with Crippen molar-refractivity contribution in [2.24, 2.45) is 5.73 Å². The van der Waals surface area contributed by atoms with Crippen molar-refractivity contribution >= 4 is 24.3 Å². The van der Waals surface area contributed by atoms with Crippen molar-refractivity contribution in [2.75, 3.05) is 0 Å². The molecule has 2 aromatic rings. The lowest BCUT2D eigenvalue weighted by Gasteiger charge is -2.20. The molecule has 0 saturated carbocycles. The highest BCUT2D eigenvalue weighted by atomic mass is 35.5. The first-order valence-corrected chi connectivity index (χ1v) is 9.20. The minimum atomic E-state index is -0.656. The molecule has 0 aliphatic carbocycles. The summed E-state index contributed by atoms with van der Waals surface area (Å²) in [7, 11) is 0. The molecule has 0 fully saturated rings. The molecular weight excluding hydrogens is 376 g/mol. The van der Waals surface area contributed by atoms with Crippen LogP contribution in [0.5, 0.6) is 5.75 Å². The van der Waals surface area contributed by atoms with Crippen LogP contribution >= 0.6 is 12.4 Å². The maximum atomic E-state index is 12.6. The maximum Gasteiger partial charge on any atom is 0.313 e. The number of hydrogen-bond acceptors (Lipinski definition) is 4. The number of ether oxygens (including phenoxy) is 1. The molecule has 2 rings (SSSR count). The van der Waals surface area contributed by atoms with E-state index in [1.807, 2.05) is 55.5 Å². The summed E-state index contributed by atoms with van der Waals surface area (Å²) in [5.74, 6) is 0.0906. The van der Waals surface area contributed by atoms with Crippen molar-refractivity contribution in [3.8, 4) is 5.75 Å². The molecule has 0 aliphatic heterocycles. The quantitative estimate of drug-likeness (QED) is 0.539. The van der Waals surface area contributed by atoms with Gasteiger partial charge in [-0.1, -0.05) is 56.3 Å². The number of esters is 1. The van der Waals surface area contributed by atoms with E-state index in [0.29, 0.717) is 5.75 Å². The van der Waals surface area contributed by atoms with Crippen LogP contribution in [-0.4, -0.2) is 17.9 Å². The van der Waals surface area contributed by atoms with Gasteiger partial charge in [-0.15, -0.1) is 12.4 Å². The lowest BCUT2D eigenvalue weighted by atomic mass is 10.0. The van der Waals surface area contributed by atoms with E-state index in [1.54, 1.807) is 6.92 Å². The number of nitrogens with two attached hydrogens (primary N) is 1. The normalized spacial score (nSPS) is 12.6. The van der Waals surface area contributed by atoms with E-state index in [9.17, 15) is 9.59 Å². The summed E-state index contributed by atoms with van der Waals surface area (Å²) < 4.78 is 5.66. The van der Waals surface area contributed by atoms with Crippen LogP contribution in [0.25, 0.3) is 0 Å². The summed E-state index contributed by atoms with van der Waals surface area (Å²) in [6, 6.07) is 14.0. The lowest BCUT2D eigenvalue weighted by Crippen LogP contribution is -2.41. The number of nitrogens with one attached hydrogen (secondary N) is 1. The number of halogens is 1. The summed E-state index contributed by atoms with van der Waals surface area (Å²) in [5.41, 5.74) is 8.49. The Morgan fingerprint density at radius 1 is 1.07 bits per heavy atom. The topological polar surface area (TPSA) is 81.4 Å². The summed E-state index contributed by atoms with van der Waals surface area (Å²) in [4.78, 5) is 24.7. The molecule has 0 aliphatic rings. The van der Waals surface area contributed by atoms with Crippen LogP contribution in [0.2, 0.25) is 0 Å². The Kier molecular flexibility index (Phi) is 9.16. The number of aryl methyl sites for hydroxylation is 1. The predicted molar refractivity (Wildman–Crippen MR) is 114 cm³/mol. The van der Waals surface area contributed by atoms with Crippen LogP contribution < -0.4 is 15.8 Å². The third-order valence-electron chi connectivity index (χ3n) is 4.32. The van der Waals surface area contributed by atoms with E-state index in [4.69, 9.17) is 10.5 Å². The average Bonchev–Trinajstić information content (AvgIpc) is 2.61. The van der Waals surface area contributed by atoms with Crippen LogP contribution in [0.1, 0.15) is 55.8 Å². The molecule has 0 saturated heterocycles. The minimum absolute atomic E-state index is 0. The van der Waals surface area contributed by atoms with E-state index in [-0.39, 0.29) is 30.7 Å². The van der Waals surface area contributed by atoms with Gasteiger partial charge in [0.2, 0.25) is 5.91 Å². The SMILES string of the molecule is Cc1ccc(C(C)C)c(OC(=O)C[C@@H](NC(=O)[C@@H](C)N)c2ccccc2)c1.Cl. The van der Waals surface area contributed by atoms with Crippen molar-refractivity contribution in [1.82, 2.24) is 5.32 Å². The molecule has 1 amide bonds. The van der Waals surface area contributed by atoms with E-state index in [1.165, 1.54) is 0 Å². The molecule has 2 atom stereocenters. The first kappa shape index (κ1) is 23.7. The van der Waals surface area contributed by atoms with Crippen molar-refractivity contribution in [1.29, 1.82) is 0 Å². The van der Waals surface area contributed by atoms with Crippen LogP contribution in [0, 0.1) is 6.92 Å². The van der Waals surface area contributed by atoms with Crippen molar-refractivity contribution < 1.29 is 14.3 Å². The van der Waals surface area contributed by atoms with Crippen molar-refractivity contribution in [3.05, 3.63) is 65.2 Å². The Balaban J connectivity index is 0.00000392. The number of carbonyl (C=O) groups is 2. The van der Waals surface area contributed by atoms with Gasteiger partial charge in [0.15, 0.2) is 0 Å². The second kappa shape index (κ2) is 10.8. The minimum Gasteiger partial charge on any atom is -0.426 e. The zero-order chi connectivity index (χ0) is 20.0. The summed E-state index contributed by atoms with van der Waals surface area (Å²) >= 11 is 0. The molecule has 5 nitrogen and oxygen atoms in total. The largest absolute Gasteiger partial charge is 0.426 e. The molecule has 0 radical (unpaired) electrons. The molecule has 0 unspecified atom stereocenters. The second-order valence-corrected chi connectivity index (χ2v) is 7.13. The standard InChI is InChI=1S/C22H28N2O3.ClH/c1-14(2)18-11-10-15(3)12-20(18)27-21(25)13-19(24-22(26)16(4)23)17-8-6-5-7-9-17;/h5-12,14,16,19H,13,23H2,1-4H3,(H,24,26);1H/t16-,19-;/m1./s1. The lowest BCUT2D eigenvalue weighted by molar-refractivity contribution is -0.135. The Hall–Kier alpha value is -2.37. The summed E-state index contributed by atoms with van der Waals surface area (Å²) in [6.45, 7) is 7.67. The van der Waals surface area contributed by atoms with Gasteiger partial charge in [0.1, 0.15) is 5.75 Å². The number of amides is 1. The monoisotopic (exact) mass is 404 g/mol. The van der Waals surface area contributed by atoms with Gasteiger partial charge < -0.3 is 15.8 Å². The zero-order valence-electron chi connectivity index (χ0n) is 16.8. The Morgan fingerprint density at radius 2 is 1.71 bits per heavy atom. The van der Waals surface area contributed by atoms with Crippen LogP contribution in [0.15, 0.2) is 48.5 Å². The molecule has 0 aromatic heterocycles. The van der Waals surface area contributed by atoms with Crippen LogP contribution in [0.3, 0.4) is 0 Å². The molecule has 6 heteroatoms. The molecule has 0 spiro atoms. The van der Waals surface area contributed by atoms with E-state index >= 15 is 0 Å². The highest BCUT2D eigenvalue weighted by molar-refractivity contribution is 5.85. The average molecular weight is 405 g/mol. The zero-order valence-corrected chi connectivity index (χ0v) is 17.6. The number of rotatable bonds is 7. The predicted octanol–water partition coefficient (Wildman–Crippen LogP) is 4.04.